The number of ether oxygens (including phenoxy) is 2. The zero-order valence-electron chi connectivity index (χ0n) is 15.8. The number of fused-ring (bicyclic) bond motifs is 1. The summed E-state index contributed by atoms with van der Waals surface area (Å²) in [5.74, 6) is 0.808. The van der Waals surface area contributed by atoms with Crippen molar-refractivity contribution in [2.24, 2.45) is 0 Å². The number of methoxy groups -OCH3 is 2. The van der Waals surface area contributed by atoms with Crippen LogP contribution in [-0.4, -0.2) is 29.9 Å². The minimum Gasteiger partial charge on any atom is -0.497 e. The normalized spacial score (nSPS) is 11.8. The third kappa shape index (κ3) is 3.75. The van der Waals surface area contributed by atoms with Gasteiger partial charge in [-0.1, -0.05) is 12.1 Å². The molecule has 146 valence electrons. The van der Waals surface area contributed by atoms with Crippen molar-refractivity contribution in [2.45, 2.75) is 19.5 Å². The molecule has 0 aliphatic carbocycles. The molecule has 0 saturated heterocycles. The monoisotopic (exact) mass is 383 g/mol. The third-order valence-electron chi connectivity index (χ3n) is 4.47. The van der Waals surface area contributed by atoms with Crippen LogP contribution >= 0.6 is 0 Å². The molecule has 1 atom stereocenters. The van der Waals surface area contributed by atoms with Crippen molar-refractivity contribution < 1.29 is 14.3 Å². The van der Waals surface area contributed by atoms with E-state index in [1.54, 1.807) is 63.6 Å². The van der Waals surface area contributed by atoms with Crippen molar-refractivity contribution in [3.8, 4) is 11.5 Å². The first-order valence-electron chi connectivity index (χ1n) is 8.67. The van der Waals surface area contributed by atoms with Crippen LogP contribution in [0.4, 0.5) is 0 Å². The van der Waals surface area contributed by atoms with Crippen LogP contribution in [0.3, 0.4) is 0 Å². The molecule has 0 unspecified atom stereocenters. The second-order valence-electron chi connectivity index (χ2n) is 6.27. The van der Waals surface area contributed by atoms with Gasteiger partial charge >= 0.3 is 0 Å². The molecule has 1 heterocycles. The summed E-state index contributed by atoms with van der Waals surface area (Å²) in [5.41, 5.74) is -0.128. The summed E-state index contributed by atoms with van der Waals surface area (Å²) in [6.07, 6.45) is 0. The van der Waals surface area contributed by atoms with Crippen LogP contribution in [-0.2, 0) is 11.3 Å². The molecule has 0 fully saturated rings. The second-order valence-corrected chi connectivity index (χ2v) is 6.27. The van der Waals surface area contributed by atoms with Gasteiger partial charge in [0.2, 0.25) is 5.91 Å². The van der Waals surface area contributed by atoms with Gasteiger partial charge in [-0.25, -0.2) is 4.68 Å². The molecule has 1 amide bonds. The van der Waals surface area contributed by atoms with Crippen LogP contribution in [0.5, 0.6) is 11.5 Å². The van der Waals surface area contributed by atoms with Crippen molar-refractivity contribution in [1.82, 2.24) is 15.1 Å². The number of hydrogen-bond donors (Lipinski definition) is 2. The molecule has 2 N–H and O–H groups in total. The van der Waals surface area contributed by atoms with E-state index in [9.17, 15) is 14.4 Å². The van der Waals surface area contributed by atoms with Gasteiger partial charge < -0.3 is 14.8 Å². The van der Waals surface area contributed by atoms with Crippen molar-refractivity contribution in [1.29, 1.82) is 0 Å². The summed E-state index contributed by atoms with van der Waals surface area (Å²) in [5, 5.41) is 5.81. The molecule has 28 heavy (non-hydrogen) atoms. The molecule has 8 nitrogen and oxygen atoms in total. The number of aromatic nitrogens is 2. The molecule has 0 saturated carbocycles. The van der Waals surface area contributed by atoms with Crippen molar-refractivity contribution in [3.05, 3.63) is 68.7 Å². The molecule has 0 aliphatic rings. The Kier molecular flexibility index (Phi) is 5.49. The first-order chi connectivity index (χ1) is 13.4. The number of hydrogen-bond acceptors (Lipinski definition) is 5. The largest absolute Gasteiger partial charge is 0.497 e. The van der Waals surface area contributed by atoms with E-state index in [1.165, 1.54) is 0 Å². The van der Waals surface area contributed by atoms with Gasteiger partial charge in [-0.3, -0.25) is 19.5 Å². The summed E-state index contributed by atoms with van der Waals surface area (Å²) in [4.78, 5) is 37.2. The zero-order valence-corrected chi connectivity index (χ0v) is 15.8. The highest BCUT2D eigenvalue weighted by Gasteiger charge is 2.17. The van der Waals surface area contributed by atoms with Gasteiger partial charge in [-0.2, -0.15) is 0 Å². The molecule has 1 aromatic heterocycles. The second kappa shape index (κ2) is 7.99. The number of carbonyl (C=O) groups excluding carboxylic acids is 1. The predicted octanol–water partition coefficient (Wildman–Crippen LogP) is 1.58. The summed E-state index contributed by atoms with van der Waals surface area (Å²) in [6.45, 7) is 1.48. The summed E-state index contributed by atoms with van der Waals surface area (Å²) >= 11 is 0. The van der Waals surface area contributed by atoms with Gasteiger partial charge in [-0.15, -0.1) is 0 Å². The lowest BCUT2D eigenvalue weighted by atomic mass is 10.1. The topological polar surface area (TPSA) is 102 Å². The molecule has 0 spiro atoms. The number of nitrogens with zero attached hydrogens (tertiary/aromatic N) is 1. The van der Waals surface area contributed by atoms with Crippen molar-refractivity contribution >= 4 is 16.7 Å². The van der Waals surface area contributed by atoms with Gasteiger partial charge in [0.15, 0.2) is 0 Å². The van der Waals surface area contributed by atoms with E-state index in [-0.39, 0.29) is 11.9 Å². The maximum atomic E-state index is 12.5. The molecular weight excluding hydrogens is 362 g/mol. The van der Waals surface area contributed by atoms with E-state index in [4.69, 9.17) is 9.47 Å². The molecule has 3 rings (SSSR count). The number of H-pyrrole nitrogens is 1. The average Bonchev–Trinajstić information content (AvgIpc) is 2.71. The predicted molar refractivity (Wildman–Crippen MR) is 105 cm³/mol. The molecule has 0 radical (unpaired) electrons. The lowest BCUT2D eigenvalue weighted by molar-refractivity contribution is -0.122. The van der Waals surface area contributed by atoms with Crippen LogP contribution in [0.25, 0.3) is 10.8 Å². The van der Waals surface area contributed by atoms with Gasteiger partial charge in [0.25, 0.3) is 11.1 Å². The van der Waals surface area contributed by atoms with E-state index >= 15 is 0 Å². The van der Waals surface area contributed by atoms with Gasteiger partial charge in [0.05, 0.1) is 31.0 Å². The van der Waals surface area contributed by atoms with Gasteiger partial charge in [-0.05, 0) is 37.3 Å². The van der Waals surface area contributed by atoms with Crippen LogP contribution < -0.4 is 25.9 Å². The Bertz CT molecular complexity index is 1130. The maximum Gasteiger partial charge on any atom is 0.273 e. The van der Waals surface area contributed by atoms with Crippen LogP contribution in [0.2, 0.25) is 0 Å². The smallest absolute Gasteiger partial charge is 0.273 e. The first kappa shape index (κ1) is 19.2. The fourth-order valence-corrected chi connectivity index (χ4v) is 3.04. The van der Waals surface area contributed by atoms with E-state index in [0.29, 0.717) is 16.9 Å². The maximum absolute atomic E-state index is 12.5. The minimum absolute atomic E-state index is 0.265. The van der Waals surface area contributed by atoms with Gasteiger partial charge in [0, 0.05) is 5.56 Å². The Morgan fingerprint density at radius 1 is 1.11 bits per heavy atom. The molecule has 3 aromatic rings. The van der Waals surface area contributed by atoms with Crippen molar-refractivity contribution in [3.63, 3.8) is 0 Å². The summed E-state index contributed by atoms with van der Waals surface area (Å²) in [6, 6.07) is 11.4. The van der Waals surface area contributed by atoms with E-state index in [2.05, 4.69) is 10.4 Å². The highest BCUT2D eigenvalue weighted by atomic mass is 16.5. The first-order valence-corrected chi connectivity index (χ1v) is 8.67. The lowest BCUT2D eigenvalue weighted by Crippen LogP contribution is -2.37. The Labute approximate surface area is 160 Å². The van der Waals surface area contributed by atoms with E-state index < -0.39 is 23.1 Å². The molecular formula is C20H21N3O5. The third-order valence-corrected chi connectivity index (χ3v) is 4.47. The van der Waals surface area contributed by atoms with E-state index in [1.807, 2.05) is 0 Å². The number of aromatic amines is 1. The Morgan fingerprint density at radius 3 is 2.50 bits per heavy atom. The van der Waals surface area contributed by atoms with Crippen molar-refractivity contribution in [2.75, 3.05) is 14.2 Å². The molecule has 8 heteroatoms. The van der Waals surface area contributed by atoms with Crippen LogP contribution in [0.15, 0.2) is 52.1 Å². The lowest BCUT2D eigenvalue weighted by Gasteiger charge is -2.18. The Balaban J connectivity index is 1.83. The number of nitrogens with one attached hydrogen (secondary N) is 2. The average molecular weight is 383 g/mol. The van der Waals surface area contributed by atoms with Crippen LogP contribution in [0.1, 0.15) is 18.5 Å². The number of amides is 1. The standard InChI is InChI=1S/C20H21N3O5/c1-12(16-10-13(27-2)8-9-17(16)28-3)21-18(24)11-23-20(26)15-7-5-4-6-14(15)19(25)22-23/h4-10,12H,11H2,1-3H3,(H,21,24)(H,22,25)/t12-/m0/s1. The Morgan fingerprint density at radius 2 is 1.82 bits per heavy atom. The quantitative estimate of drug-likeness (QED) is 0.673. The zero-order chi connectivity index (χ0) is 20.3. The van der Waals surface area contributed by atoms with E-state index in [0.717, 1.165) is 10.2 Å². The van der Waals surface area contributed by atoms with Gasteiger partial charge in [0.1, 0.15) is 18.0 Å². The fraction of sp³-hybridized carbons (Fsp3) is 0.250. The molecule has 0 bridgehead atoms. The highest BCUT2D eigenvalue weighted by Crippen LogP contribution is 2.29. The van der Waals surface area contributed by atoms with Crippen LogP contribution in [0, 0.1) is 0 Å². The molecule has 0 aliphatic heterocycles. The number of benzene rings is 2. The minimum atomic E-state index is -0.433. The number of carbonyl (C=O) groups is 1. The summed E-state index contributed by atoms with van der Waals surface area (Å²) in [7, 11) is 3.09. The SMILES string of the molecule is COc1ccc(OC)c([C@H](C)NC(=O)Cn2[nH]c(=O)c3ccccc3c2=O)c1. The Hall–Kier alpha value is -3.55. The molecule has 2 aromatic carbocycles. The number of rotatable bonds is 6. The summed E-state index contributed by atoms with van der Waals surface area (Å²) < 4.78 is 11.6. The highest BCUT2D eigenvalue weighted by molar-refractivity contribution is 5.81. The fourth-order valence-electron chi connectivity index (χ4n) is 3.04.